The summed E-state index contributed by atoms with van der Waals surface area (Å²) < 4.78 is 5.22. The van der Waals surface area contributed by atoms with Gasteiger partial charge in [-0.15, -0.1) is 0 Å². The monoisotopic (exact) mass is 260 g/mol. The number of anilines is 1. The van der Waals surface area contributed by atoms with Gasteiger partial charge in [-0.25, -0.2) is 4.79 Å². The molecule has 0 unspecified atom stereocenters. The van der Waals surface area contributed by atoms with Gasteiger partial charge in [0, 0.05) is 18.3 Å². The molecule has 1 aromatic carbocycles. The summed E-state index contributed by atoms with van der Waals surface area (Å²) in [4.78, 5) is 14.2. The molecule has 0 atom stereocenters. The largest absolute Gasteiger partial charge is 0.497 e. The predicted octanol–water partition coefficient (Wildman–Crippen LogP) is 2.71. The molecule has 2 aliphatic rings. The first kappa shape index (κ1) is 12.3. The van der Waals surface area contributed by atoms with E-state index in [9.17, 15) is 4.79 Å². The van der Waals surface area contributed by atoms with Gasteiger partial charge in [0.05, 0.1) is 7.11 Å². The van der Waals surface area contributed by atoms with Crippen LogP contribution in [0.5, 0.6) is 5.75 Å². The van der Waals surface area contributed by atoms with Crippen LogP contribution in [0.15, 0.2) is 18.2 Å². The van der Waals surface area contributed by atoms with E-state index in [0.717, 1.165) is 37.2 Å². The molecule has 1 aliphatic carbocycles. The van der Waals surface area contributed by atoms with Gasteiger partial charge in [-0.2, -0.15) is 0 Å². The van der Waals surface area contributed by atoms with Gasteiger partial charge in [0.25, 0.3) is 0 Å². The summed E-state index contributed by atoms with van der Waals surface area (Å²) >= 11 is 0. The minimum absolute atomic E-state index is 0.0517. The molecule has 0 aromatic heterocycles. The highest BCUT2D eigenvalue weighted by molar-refractivity contribution is 5.94. The highest BCUT2D eigenvalue weighted by atomic mass is 16.5. The number of nitrogens with one attached hydrogen (secondary N) is 1. The van der Waals surface area contributed by atoms with Crippen molar-refractivity contribution in [3.8, 4) is 5.75 Å². The number of nitrogens with zero attached hydrogens (tertiary/aromatic N) is 1. The molecule has 3 rings (SSSR count). The number of methoxy groups -OCH3 is 1. The quantitative estimate of drug-likeness (QED) is 0.888. The molecule has 1 aromatic rings. The third-order valence-electron chi connectivity index (χ3n) is 4.11. The van der Waals surface area contributed by atoms with Gasteiger partial charge in [-0.05, 0) is 43.0 Å². The van der Waals surface area contributed by atoms with Crippen LogP contribution in [0.4, 0.5) is 10.5 Å². The van der Waals surface area contributed by atoms with Crippen LogP contribution in [-0.4, -0.2) is 25.7 Å². The Hall–Kier alpha value is -1.71. The Balaban J connectivity index is 1.72. The molecule has 1 heterocycles. The number of amides is 2. The van der Waals surface area contributed by atoms with E-state index in [-0.39, 0.29) is 6.03 Å². The summed E-state index contributed by atoms with van der Waals surface area (Å²) in [6.07, 6.45) is 5.62. The predicted molar refractivity (Wildman–Crippen MR) is 74.8 cm³/mol. The number of rotatable bonds is 2. The molecule has 0 radical (unpaired) electrons. The van der Waals surface area contributed by atoms with Gasteiger partial charge in [0.15, 0.2) is 0 Å². The summed E-state index contributed by atoms with van der Waals surface area (Å²) in [5.74, 6) is 0.858. The lowest BCUT2D eigenvalue weighted by atomic mass is 10.1. The fourth-order valence-corrected chi connectivity index (χ4v) is 3.04. The lowest BCUT2D eigenvalue weighted by Gasteiger charge is -2.21. The van der Waals surface area contributed by atoms with Crippen molar-refractivity contribution in [3.63, 3.8) is 0 Å². The molecule has 0 saturated heterocycles. The van der Waals surface area contributed by atoms with E-state index in [2.05, 4.69) is 5.32 Å². The van der Waals surface area contributed by atoms with Gasteiger partial charge >= 0.3 is 6.03 Å². The number of carbonyl (C=O) groups is 1. The Labute approximate surface area is 113 Å². The number of ether oxygens (including phenoxy) is 1. The van der Waals surface area contributed by atoms with E-state index in [1.54, 1.807) is 7.11 Å². The number of benzene rings is 1. The molecule has 4 nitrogen and oxygen atoms in total. The average molecular weight is 260 g/mol. The van der Waals surface area contributed by atoms with Crippen molar-refractivity contribution in [3.05, 3.63) is 23.8 Å². The number of fused-ring (bicyclic) bond motifs is 1. The zero-order valence-corrected chi connectivity index (χ0v) is 11.3. The number of hydrogen-bond acceptors (Lipinski definition) is 2. The van der Waals surface area contributed by atoms with Crippen LogP contribution in [0.2, 0.25) is 0 Å². The van der Waals surface area contributed by atoms with Crippen molar-refractivity contribution >= 4 is 11.7 Å². The topological polar surface area (TPSA) is 41.6 Å². The van der Waals surface area contributed by atoms with Crippen LogP contribution < -0.4 is 15.0 Å². The van der Waals surface area contributed by atoms with Gasteiger partial charge < -0.3 is 10.1 Å². The van der Waals surface area contributed by atoms with Crippen LogP contribution in [0.3, 0.4) is 0 Å². The lowest BCUT2D eigenvalue weighted by molar-refractivity contribution is 0.243. The Morgan fingerprint density at radius 2 is 2.16 bits per heavy atom. The molecule has 2 amide bonds. The van der Waals surface area contributed by atoms with Gasteiger partial charge in [0.2, 0.25) is 0 Å². The standard InChI is InChI=1S/C15H20N2O2/c1-19-13-6-7-14-11(10-13)8-9-17(14)15(18)16-12-4-2-3-5-12/h6-7,10,12H,2-5,8-9H2,1H3,(H,16,18). The second kappa shape index (κ2) is 5.11. The number of carbonyl (C=O) groups excluding carboxylic acids is 1. The molecule has 19 heavy (non-hydrogen) atoms. The fraction of sp³-hybridized carbons (Fsp3) is 0.533. The van der Waals surface area contributed by atoms with Crippen molar-refractivity contribution in [2.45, 2.75) is 38.1 Å². The Morgan fingerprint density at radius 1 is 1.37 bits per heavy atom. The molecular weight excluding hydrogens is 240 g/mol. The molecule has 102 valence electrons. The minimum atomic E-state index is 0.0517. The Kier molecular flexibility index (Phi) is 3.32. The van der Waals surface area contributed by atoms with E-state index in [1.807, 2.05) is 23.1 Å². The summed E-state index contributed by atoms with van der Waals surface area (Å²) in [6.45, 7) is 0.765. The van der Waals surface area contributed by atoms with E-state index in [1.165, 1.54) is 18.4 Å². The summed E-state index contributed by atoms with van der Waals surface area (Å²) in [5, 5.41) is 3.15. The second-order valence-corrected chi connectivity index (χ2v) is 5.33. The van der Waals surface area contributed by atoms with Gasteiger partial charge in [-0.3, -0.25) is 4.90 Å². The second-order valence-electron chi connectivity index (χ2n) is 5.33. The molecule has 1 fully saturated rings. The van der Waals surface area contributed by atoms with Gasteiger partial charge in [-0.1, -0.05) is 12.8 Å². The van der Waals surface area contributed by atoms with Gasteiger partial charge in [0.1, 0.15) is 5.75 Å². The molecule has 0 spiro atoms. The van der Waals surface area contributed by atoms with Crippen molar-refractivity contribution in [2.24, 2.45) is 0 Å². The summed E-state index contributed by atoms with van der Waals surface area (Å²) in [7, 11) is 1.67. The average Bonchev–Trinajstić information content (AvgIpc) is 3.06. The molecule has 0 bridgehead atoms. The number of urea groups is 1. The maximum absolute atomic E-state index is 12.3. The summed E-state index contributed by atoms with van der Waals surface area (Å²) in [5.41, 5.74) is 2.22. The third kappa shape index (κ3) is 2.39. The number of hydrogen-bond donors (Lipinski definition) is 1. The minimum Gasteiger partial charge on any atom is -0.497 e. The van der Waals surface area contributed by atoms with E-state index in [0.29, 0.717) is 6.04 Å². The zero-order valence-electron chi connectivity index (χ0n) is 11.3. The summed E-state index contributed by atoms with van der Waals surface area (Å²) in [6, 6.07) is 6.35. The lowest BCUT2D eigenvalue weighted by Crippen LogP contribution is -2.43. The van der Waals surface area contributed by atoms with Crippen molar-refractivity contribution in [2.75, 3.05) is 18.6 Å². The molecule has 4 heteroatoms. The van der Waals surface area contributed by atoms with Crippen LogP contribution >= 0.6 is 0 Å². The molecule has 1 N–H and O–H groups in total. The smallest absolute Gasteiger partial charge is 0.322 e. The van der Waals surface area contributed by atoms with Crippen LogP contribution in [0.25, 0.3) is 0 Å². The maximum Gasteiger partial charge on any atom is 0.322 e. The highest BCUT2D eigenvalue weighted by Gasteiger charge is 2.27. The molecule has 1 saturated carbocycles. The molecular formula is C15H20N2O2. The molecule has 1 aliphatic heterocycles. The highest BCUT2D eigenvalue weighted by Crippen LogP contribution is 2.31. The normalized spacial score (nSPS) is 18.5. The van der Waals surface area contributed by atoms with Crippen LogP contribution in [0, 0.1) is 0 Å². The third-order valence-corrected chi connectivity index (χ3v) is 4.11. The van der Waals surface area contributed by atoms with E-state index >= 15 is 0 Å². The van der Waals surface area contributed by atoms with E-state index in [4.69, 9.17) is 4.74 Å². The zero-order chi connectivity index (χ0) is 13.2. The van der Waals surface area contributed by atoms with Crippen LogP contribution in [0.1, 0.15) is 31.2 Å². The van der Waals surface area contributed by atoms with Crippen molar-refractivity contribution in [1.29, 1.82) is 0 Å². The van der Waals surface area contributed by atoms with Crippen LogP contribution in [-0.2, 0) is 6.42 Å². The Bertz CT molecular complexity index is 481. The first-order valence-corrected chi connectivity index (χ1v) is 7.03. The fourth-order valence-electron chi connectivity index (χ4n) is 3.04. The van der Waals surface area contributed by atoms with Crippen molar-refractivity contribution < 1.29 is 9.53 Å². The SMILES string of the molecule is COc1ccc2c(c1)CCN2C(=O)NC1CCCC1. The maximum atomic E-state index is 12.3. The van der Waals surface area contributed by atoms with Crippen molar-refractivity contribution in [1.82, 2.24) is 5.32 Å². The first-order valence-electron chi connectivity index (χ1n) is 7.03. The first-order chi connectivity index (χ1) is 9.28. The Morgan fingerprint density at radius 3 is 2.89 bits per heavy atom. The van der Waals surface area contributed by atoms with E-state index < -0.39 is 0 Å².